The van der Waals surface area contributed by atoms with Crippen LogP contribution in [-0.4, -0.2) is 97.9 Å². The number of epoxide rings is 1. The normalized spacial score (nSPS) is 41.7. The summed E-state index contributed by atoms with van der Waals surface area (Å²) in [6, 6.07) is 4.73. The number of aromatic amines is 2. The van der Waals surface area contributed by atoms with Crippen LogP contribution < -0.4 is 5.32 Å². The molecule has 6 heterocycles. The largest absolute Gasteiger partial charge is 0.392 e. The first kappa shape index (κ1) is 59.8. The van der Waals surface area contributed by atoms with Crippen LogP contribution >= 0.6 is 0 Å². The molecule has 16 rings (SSSR count). The van der Waals surface area contributed by atoms with E-state index in [2.05, 4.69) is 99.0 Å². The van der Waals surface area contributed by atoms with Gasteiger partial charge in [0.1, 0.15) is 17.7 Å². The maximum absolute atomic E-state index is 16.4. The van der Waals surface area contributed by atoms with E-state index in [1.807, 2.05) is 20.9 Å². The number of fused-ring (bicyclic) bond motifs is 12. The molecule has 480 valence electrons. The summed E-state index contributed by atoms with van der Waals surface area (Å²) in [7, 11) is 2.00. The molecule has 0 amide bonds. The number of benzene rings is 1. The van der Waals surface area contributed by atoms with Crippen molar-refractivity contribution in [2.45, 2.75) is 257 Å². The van der Waals surface area contributed by atoms with E-state index in [1.165, 1.54) is 47.2 Å². The molecule has 4 aromatic rings. The third-order valence-corrected chi connectivity index (χ3v) is 29.4. The third-order valence-electron chi connectivity index (χ3n) is 29.4. The molecule has 0 radical (unpaired) electrons. The highest BCUT2D eigenvalue weighted by atomic mass is 16.6. The summed E-state index contributed by atoms with van der Waals surface area (Å²) in [5, 5.41) is 44.2. The number of carbonyl (C=O) groups is 3. The summed E-state index contributed by atoms with van der Waals surface area (Å²) in [5.41, 5.74) is 9.61. The zero-order valence-electron chi connectivity index (χ0n) is 55.4. The second kappa shape index (κ2) is 20.2. The quantitative estimate of drug-likeness (QED) is 0.0796. The fourth-order valence-electron chi connectivity index (χ4n) is 25.1. The number of allylic oxidation sites excluding steroid dienone is 1. The van der Waals surface area contributed by atoms with Crippen molar-refractivity contribution < 1.29 is 39.2 Å². The molecule has 2 saturated heterocycles. The van der Waals surface area contributed by atoms with Crippen LogP contribution in [0.1, 0.15) is 252 Å². The summed E-state index contributed by atoms with van der Waals surface area (Å²) < 4.78 is 14.7. The highest BCUT2D eigenvalue weighted by Gasteiger charge is 2.80. The van der Waals surface area contributed by atoms with E-state index >= 15 is 14.4 Å². The molecule has 12 nitrogen and oxygen atoms in total. The average molecular weight is 1210 g/mol. The number of Topliss-reactive ketones (excluding diaryl/α,β-unsaturated/α-hetero) is 3. The minimum Gasteiger partial charge on any atom is -0.392 e. The van der Waals surface area contributed by atoms with Gasteiger partial charge in [-0.25, -0.2) is 0 Å². The van der Waals surface area contributed by atoms with Crippen LogP contribution in [0.25, 0.3) is 11.0 Å². The van der Waals surface area contributed by atoms with E-state index in [0.29, 0.717) is 94.2 Å². The average Bonchev–Trinajstić information content (AvgIpc) is 1.63. The molecule has 6 N–H and O–H groups in total. The Morgan fingerprint density at radius 2 is 1.64 bits per heavy atom. The van der Waals surface area contributed by atoms with E-state index in [1.54, 1.807) is 0 Å². The van der Waals surface area contributed by atoms with Gasteiger partial charge < -0.3 is 44.6 Å². The number of ether oxygens (including phenoxy) is 2. The minimum absolute atomic E-state index is 0.00697. The Balaban J connectivity index is 0.915. The number of H-pyrrole nitrogens is 2. The third kappa shape index (κ3) is 8.00. The summed E-state index contributed by atoms with van der Waals surface area (Å²) in [6.45, 7) is 22.8. The Hall–Kier alpha value is -4.17. The second-order valence-electron chi connectivity index (χ2n) is 34.3. The Morgan fingerprint density at radius 3 is 2.39 bits per heavy atom. The van der Waals surface area contributed by atoms with Crippen LogP contribution in [0.2, 0.25) is 0 Å². The van der Waals surface area contributed by atoms with Crippen LogP contribution in [0.15, 0.2) is 41.9 Å². The van der Waals surface area contributed by atoms with E-state index in [0.717, 1.165) is 122 Å². The number of nitrogens with one attached hydrogen (secondary N) is 3. The van der Waals surface area contributed by atoms with Crippen molar-refractivity contribution in [1.29, 1.82) is 0 Å². The van der Waals surface area contributed by atoms with Gasteiger partial charge in [0.25, 0.3) is 0 Å². The molecule has 2 bridgehead atoms. The number of aromatic nitrogens is 3. The smallest absolute Gasteiger partial charge is 0.160 e. The number of carbonyl (C=O) groups excluding carboxylic acids is 3. The summed E-state index contributed by atoms with van der Waals surface area (Å²) in [4.78, 5) is 56.3. The van der Waals surface area contributed by atoms with Crippen molar-refractivity contribution in [3.63, 3.8) is 0 Å². The first-order chi connectivity index (χ1) is 42.4. The van der Waals surface area contributed by atoms with E-state index in [4.69, 9.17) is 9.47 Å². The highest BCUT2D eigenvalue weighted by Crippen LogP contribution is 2.84. The number of ketones is 3. The molecule has 12 aliphatic rings. The standard InChI is InChI=1S/C77H104N4O8/c1-41(2)15-16-43-33-51-50(34-49-46-14-12-11-13-42(46)17-18-47(49)58(51)77(87)27-31-88-32-28-77)57(65(43)84)52-39-81-40-53-59-61(71(5,36-55(83)69-70(3,4)89-69)23-19-45-38-80-63(52)64(45)81)54(82)37-74(59,8)73(7)24-21-56-72(6,26-30-78-10)68(86)60-48-22-29-79-62(48)44-20-25-76(60,35-44)75(56,9)67(73)66(53)85/h22,29,34,38-39,41-44,46,53,55-57,60,66-67,69,78-80,83,85,87H,11-21,23-28,30-33,35-37,40H2,1-10H3/t42-,43+,44-,46-,53+,55+,56-,57-,60+,66+,67-,69+,71-,72-,73-,74-,75+,76-/m0/s1. The molecule has 3 aromatic heterocycles. The van der Waals surface area contributed by atoms with Gasteiger partial charge in [-0.3, -0.25) is 14.4 Å². The van der Waals surface area contributed by atoms with Crippen molar-refractivity contribution in [2.24, 2.45) is 68.0 Å². The summed E-state index contributed by atoms with van der Waals surface area (Å²) in [6.07, 6.45) is 22.1. The van der Waals surface area contributed by atoms with Gasteiger partial charge >= 0.3 is 0 Å². The maximum atomic E-state index is 16.4. The molecule has 18 atom stereocenters. The van der Waals surface area contributed by atoms with E-state index in [9.17, 15) is 15.3 Å². The molecule has 3 aliphatic heterocycles. The Morgan fingerprint density at radius 1 is 0.865 bits per heavy atom. The first-order valence-corrected chi connectivity index (χ1v) is 35.8. The highest BCUT2D eigenvalue weighted by molar-refractivity contribution is 6.02. The number of rotatable bonds is 11. The van der Waals surface area contributed by atoms with Gasteiger partial charge in [-0.2, -0.15) is 0 Å². The lowest BCUT2D eigenvalue weighted by Crippen LogP contribution is -2.74. The summed E-state index contributed by atoms with van der Waals surface area (Å²) in [5.74, 6) is 0.692. The van der Waals surface area contributed by atoms with E-state index in [-0.39, 0.29) is 41.3 Å². The lowest BCUT2D eigenvalue weighted by Gasteiger charge is -2.76. The molecule has 12 heteroatoms. The van der Waals surface area contributed by atoms with Crippen molar-refractivity contribution in [1.82, 2.24) is 19.9 Å². The van der Waals surface area contributed by atoms with Crippen LogP contribution in [0.5, 0.6) is 0 Å². The molecule has 1 aromatic carbocycles. The monoisotopic (exact) mass is 1210 g/mol. The van der Waals surface area contributed by atoms with Crippen molar-refractivity contribution >= 4 is 28.4 Å². The summed E-state index contributed by atoms with van der Waals surface area (Å²) >= 11 is 0. The SMILES string of the molecule is CNCC[C@]1(C)C(=O)[C@H]2c3cc[nH]c3[C@H]3CC[C@@]2(C3)[C@@]2(C)[C@H]3[C@H](O)[C@@H]4Cn5cc([C@H]6C(=O)[C@H](CCC(C)C)Cc7c6cc6c(c7C7(O)CCOCC7)CC[C@@H]7CCCC[C@H]67)c6[nH]cc(c65)CC[C@@](C)(C[C@@H](O)[C@H]5OC5(C)C)C5=C4[C@](C)(CC5=O)[C@@]3(C)CC[C@H]21. The molecular formula is C77H104N4O8. The zero-order chi connectivity index (χ0) is 62.1. The van der Waals surface area contributed by atoms with Gasteiger partial charge in [0.2, 0.25) is 0 Å². The van der Waals surface area contributed by atoms with Crippen LogP contribution in [0.3, 0.4) is 0 Å². The first-order valence-electron chi connectivity index (χ1n) is 35.8. The molecule has 1 spiro atoms. The second-order valence-corrected chi connectivity index (χ2v) is 34.3. The molecule has 7 fully saturated rings. The molecule has 0 unspecified atom stereocenters. The predicted molar refractivity (Wildman–Crippen MR) is 345 cm³/mol. The Kier molecular flexibility index (Phi) is 13.6. The lowest BCUT2D eigenvalue weighted by molar-refractivity contribution is -0.267. The molecule has 89 heavy (non-hydrogen) atoms. The lowest BCUT2D eigenvalue weighted by atomic mass is 9.28. The van der Waals surface area contributed by atoms with E-state index < -0.39 is 67.7 Å². The van der Waals surface area contributed by atoms with Crippen molar-refractivity contribution in [3.05, 3.63) is 92.1 Å². The zero-order valence-corrected chi connectivity index (χ0v) is 55.4. The number of aryl methyl sites for hydroxylation is 1. The van der Waals surface area contributed by atoms with Gasteiger partial charge in [-0.1, -0.05) is 73.8 Å². The fraction of sp³-hybridized carbons (Fsp3) is 0.727. The van der Waals surface area contributed by atoms with Gasteiger partial charge in [0.15, 0.2) is 5.78 Å². The number of aliphatic hydroxyl groups is 3. The number of nitrogens with zero attached hydrogens (tertiary/aromatic N) is 1. The molecule has 5 saturated carbocycles. The minimum atomic E-state index is -1.05. The Bertz CT molecular complexity index is 3630. The number of hydrogen-bond acceptors (Lipinski definition) is 9. The predicted octanol–water partition coefficient (Wildman–Crippen LogP) is 13.3. The van der Waals surface area contributed by atoms with Crippen LogP contribution in [0.4, 0.5) is 0 Å². The van der Waals surface area contributed by atoms with Crippen LogP contribution in [-0.2, 0) is 55.3 Å². The van der Waals surface area contributed by atoms with Gasteiger partial charge in [0.05, 0.1) is 46.3 Å². The van der Waals surface area contributed by atoms with Gasteiger partial charge in [-0.05, 0) is 232 Å². The fourth-order valence-corrected chi connectivity index (χ4v) is 25.1. The topological polar surface area (TPSA) is 182 Å². The number of aliphatic hydroxyl groups excluding tert-OH is 2. The maximum Gasteiger partial charge on any atom is 0.160 e. The van der Waals surface area contributed by atoms with Gasteiger partial charge in [-0.15, -0.1) is 0 Å². The molecule has 9 aliphatic carbocycles. The van der Waals surface area contributed by atoms with Crippen molar-refractivity contribution in [2.75, 3.05) is 26.8 Å². The van der Waals surface area contributed by atoms with Gasteiger partial charge in [0, 0.05) is 97.1 Å². The van der Waals surface area contributed by atoms with Crippen molar-refractivity contribution in [3.8, 4) is 0 Å². The Labute approximate surface area is 528 Å². The number of hydrogen-bond donors (Lipinski definition) is 6. The van der Waals surface area contributed by atoms with Crippen LogP contribution in [0, 0.1) is 68.0 Å². The molecular weight excluding hydrogens is 1110 g/mol.